The molecule has 0 aromatic heterocycles. The van der Waals surface area contributed by atoms with E-state index in [0.29, 0.717) is 5.92 Å². The molecule has 4 rings (SSSR count). The third-order valence-electron chi connectivity index (χ3n) is 5.13. The van der Waals surface area contributed by atoms with Crippen LogP contribution in [-0.4, -0.2) is 0 Å². The van der Waals surface area contributed by atoms with Gasteiger partial charge in [-0.2, -0.15) is 0 Å². The highest BCUT2D eigenvalue weighted by Crippen LogP contribution is 2.43. The molecule has 0 saturated carbocycles. The molecule has 0 spiro atoms. The zero-order valence-electron chi connectivity index (χ0n) is 13.4. The molecule has 110 valence electrons. The second-order valence-electron chi connectivity index (χ2n) is 6.98. The quantitative estimate of drug-likeness (QED) is 0.637. The van der Waals surface area contributed by atoms with Crippen LogP contribution in [0.2, 0.25) is 0 Å². The lowest BCUT2D eigenvalue weighted by molar-refractivity contribution is 0.791. The zero-order chi connectivity index (χ0) is 15.3. The van der Waals surface area contributed by atoms with Crippen LogP contribution in [0.15, 0.2) is 54.1 Å². The van der Waals surface area contributed by atoms with E-state index in [-0.39, 0.29) is 0 Å². The Hall–Kier alpha value is -2.08. The summed E-state index contributed by atoms with van der Waals surface area (Å²) in [5.41, 5.74) is 11.5. The van der Waals surface area contributed by atoms with Crippen molar-refractivity contribution in [2.24, 2.45) is 0 Å². The van der Waals surface area contributed by atoms with Gasteiger partial charge in [-0.05, 0) is 55.4 Å². The highest BCUT2D eigenvalue weighted by Gasteiger charge is 2.27. The largest absolute Gasteiger partial charge is 0.0989 e. The van der Waals surface area contributed by atoms with Crippen molar-refractivity contribution in [2.45, 2.75) is 39.0 Å². The van der Waals surface area contributed by atoms with Crippen molar-refractivity contribution >= 4 is 6.08 Å². The Balaban J connectivity index is 1.62. The average molecular weight is 286 g/mol. The maximum Gasteiger partial charge on any atom is 0.00891 e. The molecule has 0 aliphatic heterocycles. The Morgan fingerprint density at radius 1 is 0.955 bits per heavy atom. The van der Waals surface area contributed by atoms with Crippen molar-refractivity contribution in [1.29, 1.82) is 0 Å². The normalized spacial score (nSPS) is 19.1. The van der Waals surface area contributed by atoms with Gasteiger partial charge in [0.2, 0.25) is 0 Å². The number of hydrogen-bond acceptors (Lipinski definition) is 0. The lowest BCUT2D eigenvalue weighted by Gasteiger charge is -2.14. The van der Waals surface area contributed by atoms with Gasteiger partial charge in [-0.15, -0.1) is 0 Å². The summed E-state index contributed by atoms with van der Waals surface area (Å²) in [6, 6.07) is 13.7. The molecule has 22 heavy (non-hydrogen) atoms. The van der Waals surface area contributed by atoms with Gasteiger partial charge in [0.15, 0.2) is 0 Å². The molecule has 0 bridgehead atoms. The van der Waals surface area contributed by atoms with Crippen LogP contribution in [0.3, 0.4) is 0 Å². The van der Waals surface area contributed by atoms with Crippen molar-refractivity contribution in [2.75, 3.05) is 0 Å². The van der Waals surface area contributed by atoms with E-state index in [1.54, 1.807) is 5.57 Å². The molecule has 2 aliphatic rings. The van der Waals surface area contributed by atoms with Crippen molar-refractivity contribution in [3.63, 3.8) is 0 Å². The summed E-state index contributed by atoms with van der Waals surface area (Å²) in [7, 11) is 0. The zero-order valence-corrected chi connectivity index (χ0v) is 13.4. The molecule has 0 fully saturated rings. The minimum absolute atomic E-state index is 0.511. The van der Waals surface area contributed by atoms with Gasteiger partial charge in [0.05, 0.1) is 0 Å². The number of benzene rings is 2. The molecule has 1 atom stereocenters. The minimum atomic E-state index is 0.511. The first-order chi connectivity index (χ1) is 10.6. The third kappa shape index (κ3) is 2.23. The Morgan fingerprint density at radius 3 is 2.50 bits per heavy atom. The summed E-state index contributed by atoms with van der Waals surface area (Å²) in [5, 5.41) is 0. The monoisotopic (exact) mass is 286 g/mol. The van der Waals surface area contributed by atoms with Gasteiger partial charge < -0.3 is 0 Å². The van der Waals surface area contributed by atoms with Gasteiger partial charge in [0.25, 0.3) is 0 Å². The van der Waals surface area contributed by atoms with Crippen molar-refractivity contribution < 1.29 is 0 Å². The van der Waals surface area contributed by atoms with Crippen molar-refractivity contribution in [3.8, 4) is 0 Å². The summed E-state index contributed by atoms with van der Waals surface area (Å²) in [6.45, 7) is 8.72. The first kappa shape index (κ1) is 13.6. The fourth-order valence-corrected chi connectivity index (χ4v) is 3.96. The number of fused-ring (bicyclic) bond motifs is 2. The fraction of sp³-hybridized carbons (Fsp3) is 0.273. The summed E-state index contributed by atoms with van der Waals surface area (Å²) >= 11 is 0. The molecule has 0 heterocycles. The van der Waals surface area contributed by atoms with Crippen LogP contribution in [-0.2, 0) is 12.8 Å². The molecule has 0 radical (unpaired) electrons. The highest BCUT2D eigenvalue weighted by atomic mass is 14.3. The Labute approximate surface area is 133 Å². The van der Waals surface area contributed by atoms with Crippen LogP contribution in [0.25, 0.3) is 6.08 Å². The molecule has 0 nitrogen and oxygen atoms in total. The maximum absolute atomic E-state index is 4.36. The van der Waals surface area contributed by atoms with E-state index in [2.05, 4.69) is 62.9 Å². The van der Waals surface area contributed by atoms with Crippen LogP contribution in [0.5, 0.6) is 0 Å². The number of aryl methyl sites for hydroxylation is 2. The summed E-state index contributed by atoms with van der Waals surface area (Å²) in [5.74, 6) is 0.511. The number of allylic oxidation sites excluding steroid dienone is 2. The average Bonchev–Trinajstić information content (AvgIpc) is 3.00. The van der Waals surface area contributed by atoms with Crippen LogP contribution in [0.4, 0.5) is 0 Å². The lowest BCUT2D eigenvalue weighted by Crippen LogP contribution is -1.99. The molecule has 0 amide bonds. The van der Waals surface area contributed by atoms with E-state index in [1.165, 1.54) is 39.0 Å². The highest BCUT2D eigenvalue weighted by molar-refractivity contribution is 5.65. The standard InChI is InChI=1S/C22H22/c1-14-4-6-18-11-17(12-20(18)8-14)13-21-16(3)10-19-7-5-15(2)9-22(19)21/h4-9,12,21H,3,10-11,13H2,1-2H3. The van der Waals surface area contributed by atoms with Gasteiger partial charge in [0.1, 0.15) is 0 Å². The van der Waals surface area contributed by atoms with E-state index >= 15 is 0 Å². The van der Waals surface area contributed by atoms with E-state index in [9.17, 15) is 0 Å². The van der Waals surface area contributed by atoms with Crippen LogP contribution < -0.4 is 0 Å². The maximum atomic E-state index is 4.36. The van der Waals surface area contributed by atoms with E-state index in [1.807, 2.05) is 0 Å². The second-order valence-corrected chi connectivity index (χ2v) is 6.98. The van der Waals surface area contributed by atoms with E-state index in [0.717, 1.165) is 19.3 Å². The third-order valence-corrected chi connectivity index (χ3v) is 5.13. The Morgan fingerprint density at radius 2 is 1.68 bits per heavy atom. The van der Waals surface area contributed by atoms with Gasteiger partial charge in [0, 0.05) is 5.92 Å². The molecule has 0 N–H and O–H groups in total. The predicted octanol–water partition coefficient (Wildman–Crippen LogP) is 5.53. The second kappa shape index (κ2) is 4.98. The van der Waals surface area contributed by atoms with Crippen LogP contribution in [0.1, 0.15) is 45.7 Å². The minimum Gasteiger partial charge on any atom is -0.0989 e. The molecule has 2 aromatic rings. The summed E-state index contributed by atoms with van der Waals surface area (Å²) in [6.07, 6.45) is 5.70. The fourth-order valence-electron chi connectivity index (χ4n) is 3.96. The smallest absolute Gasteiger partial charge is 0.00891 e. The molecule has 1 unspecified atom stereocenters. The SMILES string of the molecule is C=C1Cc2ccc(C)cc2C1CC1=Cc2cc(C)ccc2C1. The van der Waals surface area contributed by atoms with Gasteiger partial charge in [-0.3, -0.25) is 0 Å². The summed E-state index contributed by atoms with van der Waals surface area (Å²) in [4.78, 5) is 0. The topological polar surface area (TPSA) is 0 Å². The van der Waals surface area contributed by atoms with Crippen LogP contribution in [0, 0.1) is 13.8 Å². The number of hydrogen-bond donors (Lipinski definition) is 0. The Bertz CT molecular complexity index is 805. The molecular weight excluding hydrogens is 264 g/mol. The van der Waals surface area contributed by atoms with E-state index in [4.69, 9.17) is 0 Å². The van der Waals surface area contributed by atoms with Gasteiger partial charge in [-0.1, -0.05) is 71.3 Å². The molecule has 0 saturated heterocycles. The van der Waals surface area contributed by atoms with Crippen molar-refractivity contribution in [1.82, 2.24) is 0 Å². The molecule has 2 aromatic carbocycles. The van der Waals surface area contributed by atoms with E-state index < -0.39 is 0 Å². The molecular formula is C22H22. The van der Waals surface area contributed by atoms with Crippen LogP contribution >= 0.6 is 0 Å². The number of rotatable bonds is 2. The Kier molecular flexibility index (Phi) is 3.07. The van der Waals surface area contributed by atoms with Gasteiger partial charge >= 0.3 is 0 Å². The lowest BCUT2D eigenvalue weighted by atomic mass is 9.90. The first-order valence-electron chi connectivity index (χ1n) is 8.16. The van der Waals surface area contributed by atoms with Crippen molar-refractivity contribution in [3.05, 3.63) is 87.5 Å². The predicted molar refractivity (Wildman–Crippen MR) is 94.2 cm³/mol. The van der Waals surface area contributed by atoms with Gasteiger partial charge in [-0.25, -0.2) is 0 Å². The summed E-state index contributed by atoms with van der Waals surface area (Å²) < 4.78 is 0. The molecule has 2 aliphatic carbocycles. The molecule has 0 heteroatoms. The first-order valence-corrected chi connectivity index (χ1v) is 8.16.